The van der Waals surface area contributed by atoms with Gasteiger partial charge in [-0.25, -0.2) is 0 Å². The van der Waals surface area contributed by atoms with Crippen molar-refractivity contribution in [3.05, 3.63) is 95.1 Å². The van der Waals surface area contributed by atoms with Crippen LogP contribution < -0.4 is 5.73 Å². The molecule has 0 heterocycles. The van der Waals surface area contributed by atoms with Crippen molar-refractivity contribution in [3.8, 4) is 11.1 Å². The Hall–Kier alpha value is -2.95. The molecule has 0 saturated heterocycles. The Kier molecular flexibility index (Phi) is 4.99. The van der Waals surface area contributed by atoms with Crippen LogP contribution in [-0.4, -0.2) is 23.2 Å². The Morgan fingerprint density at radius 1 is 0.966 bits per heavy atom. The monoisotopic (exact) mass is 387 g/mol. The highest BCUT2D eigenvalue weighted by Crippen LogP contribution is 2.53. The minimum absolute atomic E-state index is 0.697. The van der Waals surface area contributed by atoms with E-state index >= 15 is 0 Å². The van der Waals surface area contributed by atoms with E-state index in [2.05, 4.69) is 55.5 Å². The van der Waals surface area contributed by atoms with Gasteiger partial charge in [0.25, 0.3) is 0 Å². The second-order valence-electron chi connectivity index (χ2n) is 7.51. The van der Waals surface area contributed by atoms with Crippen molar-refractivity contribution in [2.24, 2.45) is 5.73 Å². The second-order valence-corrected chi connectivity index (χ2v) is 7.51. The van der Waals surface area contributed by atoms with Gasteiger partial charge in [-0.1, -0.05) is 79.7 Å². The van der Waals surface area contributed by atoms with Crippen molar-refractivity contribution >= 4 is 5.97 Å². The van der Waals surface area contributed by atoms with E-state index in [1.54, 1.807) is 6.92 Å². The maximum absolute atomic E-state index is 11.5. The van der Waals surface area contributed by atoms with E-state index in [1.807, 2.05) is 24.3 Å². The fourth-order valence-electron chi connectivity index (χ4n) is 4.23. The van der Waals surface area contributed by atoms with Crippen LogP contribution in [0.4, 0.5) is 0 Å². The fourth-order valence-corrected chi connectivity index (χ4v) is 4.23. The Bertz CT molecular complexity index is 996. The number of aliphatic carboxylic acids is 1. The van der Waals surface area contributed by atoms with Crippen LogP contribution in [-0.2, 0) is 21.6 Å². The summed E-state index contributed by atoms with van der Waals surface area (Å²) in [6.07, 6.45) is 0.249. The number of rotatable bonds is 6. The predicted molar refractivity (Wildman–Crippen MR) is 114 cm³/mol. The van der Waals surface area contributed by atoms with Gasteiger partial charge in [0.05, 0.1) is 6.10 Å². The molecule has 3 aromatic carbocycles. The van der Waals surface area contributed by atoms with E-state index in [-0.39, 0.29) is 0 Å². The number of hydrogen-bond acceptors (Lipinski definition) is 3. The molecule has 4 rings (SSSR count). The molecule has 3 aromatic rings. The van der Waals surface area contributed by atoms with Gasteiger partial charge in [-0.15, -0.1) is 0 Å². The van der Waals surface area contributed by atoms with Crippen LogP contribution >= 0.6 is 0 Å². The number of hydrogen-bond donors (Lipinski definition) is 2. The maximum atomic E-state index is 11.5. The molecule has 1 aliphatic rings. The lowest BCUT2D eigenvalue weighted by Gasteiger charge is -2.36. The highest BCUT2D eigenvalue weighted by molar-refractivity contribution is 5.82. The molecule has 0 aromatic heterocycles. The van der Waals surface area contributed by atoms with Crippen molar-refractivity contribution in [2.75, 3.05) is 0 Å². The van der Waals surface area contributed by atoms with Crippen LogP contribution in [0.25, 0.3) is 11.1 Å². The van der Waals surface area contributed by atoms with Gasteiger partial charge in [0.15, 0.2) is 0 Å². The quantitative estimate of drug-likeness (QED) is 0.660. The van der Waals surface area contributed by atoms with Crippen LogP contribution in [0.2, 0.25) is 0 Å². The molecule has 4 heteroatoms. The van der Waals surface area contributed by atoms with Crippen molar-refractivity contribution in [3.63, 3.8) is 0 Å². The number of carboxylic acid groups (broad SMARTS) is 1. The van der Waals surface area contributed by atoms with Crippen LogP contribution in [0.15, 0.2) is 72.8 Å². The molecule has 0 bridgehead atoms. The van der Waals surface area contributed by atoms with Gasteiger partial charge in [-0.05, 0) is 35.6 Å². The third-order valence-corrected chi connectivity index (χ3v) is 5.83. The molecule has 0 radical (unpaired) electrons. The molecule has 148 valence electrons. The number of fused-ring (bicyclic) bond motifs is 3. The van der Waals surface area contributed by atoms with Gasteiger partial charge in [0.1, 0.15) is 11.6 Å². The van der Waals surface area contributed by atoms with Crippen LogP contribution in [0.1, 0.15) is 36.1 Å². The molecule has 1 aliphatic carbocycles. The van der Waals surface area contributed by atoms with Crippen LogP contribution in [0, 0.1) is 0 Å². The third-order valence-electron chi connectivity index (χ3n) is 5.83. The number of ether oxygens (including phenoxy) is 1. The molecule has 0 saturated carbocycles. The summed E-state index contributed by atoms with van der Waals surface area (Å²) in [4.78, 5) is 11.5. The first-order valence-electron chi connectivity index (χ1n) is 9.94. The van der Waals surface area contributed by atoms with Gasteiger partial charge in [0, 0.05) is 11.1 Å². The van der Waals surface area contributed by atoms with Crippen molar-refractivity contribution in [2.45, 2.75) is 38.0 Å². The zero-order valence-corrected chi connectivity index (χ0v) is 16.6. The Balaban J connectivity index is 1.97. The molecule has 0 spiro atoms. The molecule has 2 atom stereocenters. The molecule has 4 nitrogen and oxygen atoms in total. The maximum Gasteiger partial charge on any atom is 0.323 e. The second kappa shape index (κ2) is 7.47. The minimum atomic E-state index is -1.12. The molecule has 0 aliphatic heterocycles. The Morgan fingerprint density at radius 3 is 1.97 bits per heavy atom. The standard InChI is InChI=1S/C25H25NO3/c1-3-17-12-14-18(15-13-17)25(29-16(2)23(26)24(27)28)21-10-6-4-8-19(21)20-9-5-7-11-22(20)25/h4-16,23H,3,26H2,1-2H3,(H,27,28)/t16?,23-/m0/s1. The number of carboxylic acids is 1. The van der Waals surface area contributed by atoms with Crippen LogP contribution in [0.3, 0.4) is 0 Å². The summed E-state index contributed by atoms with van der Waals surface area (Å²) >= 11 is 0. The van der Waals surface area contributed by atoms with Gasteiger partial charge in [-0.2, -0.15) is 0 Å². The topological polar surface area (TPSA) is 72.5 Å². The number of carbonyl (C=O) groups is 1. The summed E-state index contributed by atoms with van der Waals surface area (Å²) < 4.78 is 6.63. The van der Waals surface area contributed by atoms with Gasteiger partial charge in [-0.3, -0.25) is 4.79 Å². The molecule has 3 N–H and O–H groups in total. The molecule has 29 heavy (non-hydrogen) atoms. The summed E-state index contributed by atoms with van der Waals surface area (Å²) in [5.41, 5.74) is 11.4. The molecule has 0 fully saturated rings. The molecular weight excluding hydrogens is 362 g/mol. The summed E-state index contributed by atoms with van der Waals surface area (Å²) in [6, 6.07) is 23.5. The lowest BCUT2D eigenvalue weighted by molar-refractivity contribution is -0.144. The summed E-state index contributed by atoms with van der Waals surface area (Å²) in [6.45, 7) is 3.85. The lowest BCUT2D eigenvalue weighted by atomic mass is 9.83. The van der Waals surface area contributed by atoms with Gasteiger partial charge in [0.2, 0.25) is 0 Å². The normalized spacial score (nSPS) is 16.0. The number of aryl methyl sites for hydroxylation is 1. The van der Waals surface area contributed by atoms with Gasteiger partial charge < -0.3 is 15.6 Å². The average molecular weight is 387 g/mol. The molecule has 0 amide bonds. The first kappa shape index (κ1) is 19.4. The lowest BCUT2D eigenvalue weighted by Crippen LogP contribution is -2.46. The molecular formula is C25H25NO3. The average Bonchev–Trinajstić information content (AvgIpc) is 3.04. The third kappa shape index (κ3) is 3.05. The fraction of sp³-hybridized carbons (Fsp3) is 0.240. The summed E-state index contributed by atoms with van der Waals surface area (Å²) in [5.74, 6) is -1.08. The van der Waals surface area contributed by atoms with Crippen molar-refractivity contribution in [1.29, 1.82) is 0 Å². The summed E-state index contributed by atoms with van der Waals surface area (Å²) in [5, 5.41) is 9.43. The summed E-state index contributed by atoms with van der Waals surface area (Å²) in [7, 11) is 0. The van der Waals surface area contributed by atoms with Crippen LogP contribution in [0.5, 0.6) is 0 Å². The Labute approximate surface area is 171 Å². The van der Waals surface area contributed by atoms with E-state index in [4.69, 9.17) is 10.5 Å². The van der Waals surface area contributed by atoms with Crippen molar-refractivity contribution < 1.29 is 14.6 Å². The number of nitrogens with two attached hydrogens (primary N) is 1. The SMILES string of the molecule is CCc1ccc(C2(OC(C)[C@H](N)C(=O)O)c3ccccc3-c3ccccc32)cc1. The highest BCUT2D eigenvalue weighted by atomic mass is 16.5. The van der Waals surface area contributed by atoms with E-state index in [0.717, 1.165) is 34.2 Å². The van der Waals surface area contributed by atoms with E-state index in [0.29, 0.717) is 0 Å². The first-order chi connectivity index (χ1) is 14.0. The highest BCUT2D eigenvalue weighted by Gasteiger charge is 2.47. The first-order valence-corrected chi connectivity index (χ1v) is 9.94. The van der Waals surface area contributed by atoms with E-state index < -0.39 is 23.7 Å². The number of benzene rings is 3. The Morgan fingerprint density at radius 2 is 1.48 bits per heavy atom. The van der Waals surface area contributed by atoms with Gasteiger partial charge >= 0.3 is 5.97 Å². The largest absolute Gasteiger partial charge is 0.480 e. The predicted octanol–water partition coefficient (Wildman–Crippen LogP) is 4.34. The van der Waals surface area contributed by atoms with Crippen molar-refractivity contribution in [1.82, 2.24) is 0 Å². The van der Waals surface area contributed by atoms with E-state index in [9.17, 15) is 9.90 Å². The molecule has 1 unspecified atom stereocenters. The minimum Gasteiger partial charge on any atom is -0.480 e. The smallest absolute Gasteiger partial charge is 0.323 e. The zero-order valence-electron chi connectivity index (χ0n) is 16.6. The zero-order chi connectivity index (χ0) is 20.6. The van der Waals surface area contributed by atoms with E-state index in [1.165, 1.54) is 5.56 Å².